The molecule has 2 N–H and O–H groups in total. The van der Waals surface area contributed by atoms with Crippen LogP contribution in [0.15, 0.2) is 0 Å². The second-order valence-corrected chi connectivity index (χ2v) is 2.02. The molecule has 0 saturated heterocycles. The summed E-state index contributed by atoms with van der Waals surface area (Å²) in [5.41, 5.74) is 0. The van der Waals surface area contributed by atoms with Crippen molar-refractivity contribution in [1.82, 2.24) is 5.32 Å². The summed E-state index contributed by atoms with van der Waals surface area (Å²) in [6.45, 7) is 1.80. The molecule has 0 rings (SSSR count). The Morgan fingerprint density at radius 3 is 1.85 bits per heavy atom. The summed E-state index contributed by atoms with van der Waals surface area (Å²) < 4.78 is 31.7. The van der Waals surface area contributed by atoms with E-state index in [4.69, 9.17) is 9.90 Å². The molecule has 0 aromatic rings. The molecule has 4 nitrogen and oxygen atoms in total. The van der Waals surface area contributed by atoms with Gasteiger partial charge in [0.2, 0.25) is 0 Å². The van der Waals surface area contributed by atoms with Crippen LogP contribution in [0.4, 0.5) is 13.2 Å². The van der Waals surface area contributed by atoms with Crippen molar-refractivity contribution in [2.45, 2.75) is 19.1 Å². The van der Waals surface area contributed by atoms with Crippen molar-refractivity contribution in [3.8, 4) is 0 Å². The predicted molar refractivity (Wildman–Crippen MR) is 38.3 cm³/mol. The first kappa shape index (κ1) is 14.4. The van der Waals surface area contributed by atoms with Crippen LogP contribution in [0.25, 0.3) is 0 Å². The second kappa shape index (κ2) is 6.41. The molecule has 7 heteroatoms. The van der Waals surface area contributed by atoms with Gasteiger partial charge in [0.15, 0.2) is 0 Å². The number of halogens is 3. The van der Waals surface area contributed by atoms with Crippen LogP contribution in [0.3, 0.4) is 0 Å². The highest BCUT2D eigenvalue weighted by Crippen LogP contribution is 2.13. The number of carbonyl (C=O) groups excluding carboxylic acids is 1. The molecule has 0 aromatic heterocycles. The first-order chi connectivity index (χ1) is 5.75. The molecule has 0 heterocycles. The number of aldehydes is 1. The Bertz CT molecular complexity index is 169. The van der Waals surface area contributed by atoms with Crippen LogP contribution in [-0.4, -0.2) is 36.6 Å². The highest BCUT2D eigenvalue weighted by molar-refractivity contribution is 5.73. The van der Waals surface area contributed by atoms with Crippen molar-refractivity contribution in [1.29, 1.82) is 0 Å². The largest absolute Gasteiger partial charge is 0.490 e. The van der Waals surface area contributed by atoms with Crippen molar-refractivity contribution in [3.05, 3.63) is 0 Å². The first-order valence-corrected chi connectivity index (χ1v) is 3.18. The Balaban J connectivity index is 0. The quantitative estimate of drug-likeness (QED) is 0.635. The van der Waals surface area contributed by atoms with Gasteiger partial charge >= 0.3 is 12.1 Å². The summed E-state index contributed by atoms with van der Waals surface area (Å²) in [5, 5.41) is 9.87. The molecule has 0 aliphatic heterocycles. The molecule has 0 aromatic carbocycles. The molecule has 13 heavy (non-hydrogen) atoms. The van der Waals surface area contributed by atoms with E-state index in [1.807, 2.05) is 0 Å². The van der Waals surface area contributed by atoms with Crippen molar-refractivity contribution >= 4 is 12.3 Å². The third-order valence-corrected chi connectivity index (χ3v) is 0.902. The van der Waals surface area contributed by atoms with Gasteiger partial charge in [0.25, 0.3) is 0 Å². The summed E-state index contributed by atoms with van der Waals surface area (Å²) in [6, 6.07) is 0.00463. The summed E-state index contributed by atoms with van der Waals surface area (Å²) in [7, 11) is 1.75. The summed E-state index contributed by atoms with van der Waals surface area (Å²) >= 11 is 0. The van der Waals surface area contributed by atoms with Gasteiger partial charge in [-0.25, -0.2) is 4.79 Å². The molecule has 1 unspecified atom stereocenters. The molecule has 0 saturated carbocycles. The van der Waals surface area contributed by atoms with Crippen LogP contribution < -0.4 is 5.32 Å². The van der Waals surface area contributed by atoms with Gasteiger partial charge in [-0.2, -0.15) is 13.2 Å². The van der Waals surface area contributed by atoms with Crippen molar-refractivity contribution in [3.63, 3.8) is 0 Å². The number of likely N-dealkylation sites (N-methyl/N-ethyl adjacent to an activating group) is 1. The molecular weight excluding hydrogens is 191 g/mol. The lowest BCUT2D eigenvalue weighted by Crippen LogP contribution is -2.21. The van der Waals surface area contributed by atoms with Crippen LogP contribution in [-0.2, 0) is 9.59 Å². The highest BCUT2D eigenvalue weighted by Gasteiger charge is 2.38. The van der Waals surface area contributed by atoms with Gasteiger partial charge in [-0.3, -0.25) is 0 Å². The fourth-order valence-corrected chi connectivity index (χ4v) is 0.0680. The van der Waals surface area contributed by atoms with Gasteiger partial charge in [-0.1, -0.05) is 0 Å². The maximum absolute atomic E-state index is 10.6. The van der Waals surface area contributed by atoms with Crippen molar-refractivity contribution in [2.24, 2.45) is 0 Å². The number of carboxylic acids is 1. The fraction of sp³-hybridized carbons (Fsp3) is 0.667. The van der Waals surface area contributed by atoms with E-state index < -0.39 is 12.1 Å². The van der Waals surface area contributed by atoms with E-state index in [0.29, 0.717) is 0 Å². The SMILES string of the molecule is CNC(C)C=O.O=C(O)C(F)(F)F. The number of rotatable bonds is 2. The Hall–Kier alpha value is -1.11. The number of hydrogen-bond acceptors (Lipinski definition) is 3. The zero-order valence-electron chi connectivity index (χ0n) is 7.05. The molecule has 1 atom stereocenters. The molecule has 0 bridgehead atoms. The number of nitrogens with one attached hydrogen (secondary N) is 1. The normalized spacial score (nSPS) is 12.4. The Labute approximate surface area is 72.7 Å². The van der Waals surface area contributed by atoms with Crippen LogP contribution in [0.2, 0.25) is 0 Å². The fourth-order valence-electron chi connectivity index (χ4n) is 0.0680. The zero-order chi connectivity index (χ0) is 11.1. The molecule has 0 spiro atoms. The number of aliphatic carboxylic acids is 1. The van der Waals surface area contributed by atoms with Gasteiger partial charge in [0.05, 0.1) is 6.04 Å². The van der Waals surface area contributed by atoms with Crippen LogP contribution in [0.1, 0.15) is 6.92 Å². The molecule has 0 aliphatic rings. The standard InChI is InChI=1S/C4H9NO.C2HF3O2/c1-4(3-6)5-2;3-2(4,5)1(6)7/h3-5H,1-2H3;(H,6,7). The lowest BCUT2D eigenvalue weighted by atomic mass is 10.4. The predicted octanol–water partition coefficient (Wildman–Crippen LogP) is 0.426. The van der Waals surface area contributed by atoms with Gasteiger partial charge in [0, 0.05) is 0 Å². The van der Waals surface area contributed by atoms with E-state index in [1.165, 1.54) is 0 Å². The maximum Gasteiger partial charge on any atom is 0.490 e. The first-order valence-electron chi connectivity index (χ1n) is 3.18. The van der Waals surface area contributed by atoms with E-state index in [1.54, 1.807) is 14.0 Å². The molecule has 0 aliphatic carbocycles. The minimum Gasteiger partial charge on any atom is -0.475 e. The average Bonchev–Trinajstić information content (AvgIpc) is 2.02. The third kappa shape index (κ3) is 10.9. The second-order valence-electron chi connectivity index (χ2n) is 2.02. The Morgan fingerprint density at radius 2 is 1.85 bits per heavy atom. The van der Waals surface area contributed by atoms with Crippen molar-refractivity contribution < 1.29 is 27.9 Å². The third-order valence-electron chi connectivity index (χ3n) is 0.902. The summed E-state index contributed by atoms with van der Waals surface area (Å²) in [6.07, 6.45) is -4.22. The monoisotopic (exact) mass is 201 g/mol. The van der Waals surface area contributed by atoms with E-state index in [-0.39, 0.29) is 6.04 Å². The van der Waals surface area contributed by atoms with Gasteiger partial charge in [-0.05, 0) is 14.0 Å². The van der Waals surface area contributed by atoms with Crippen LogP contribution in [0.5, 0.6) is 0 Å². The lowest BCUT2D eigenvalue weighted by molar-refractivity contribution is -0.192. The number of carboxylic acid groups (broad SMARTS) is 1. The van der Waals surface area contributed by atoms with E-state index in [0.717, 1.165) is 6.29 Å². The summed E-state index contributed by atoms with van der Waals surface area (Å²) in [4.78, 5) is 18.6. The van der Waals surface area contributed by atoms with Gasteiger partial charge in [0.1, 0.15) is 6.29 Å². The smallest absolute Gasteiger partial charge is 0.475 e. The zero-order valence-corrected chi connectivity index (χ0v) is 7.05. The van der Waals surface area contributed by atoms with E-state index in [2.05, 4.69) is 5.32 Å². The highest BCUT2D eigenvalue weighted by atomic mass is 19.4. The minimum atomic E-state index is -5.08. The number of hydrogen-bond donors (Lipinski definition) is 2. The van der Waals surface area contributed by atoms with E-state index >= 15 is 0 Å². The minimum absolute atomic E-state index is 0.00463. The molecule has 78 valence electrons. The molecule has 0 fully saturated rings. The van der Waals surface area contributed by atoms with Crippen LogP contribution in [0, 0.1) is 0 Å². The lowest BCUT2D eigenvalue weighted by Gasteiger charge is -1.94. The molecule has 0 amide bonds. The number of alkyl halides is 3. The summed E-state index contributed by atoms with van der Waals surface area (Å²) in [5.74, 6) is -2.76. The topological polar surface area (TPSA) is 66.4 Å². The maximum atomic E-state index is 10.6. The molecule has 0 radical (unpaired) electrons. The Morgan fingerprint density at radius 1 is 1.54 bits per heavy atom. The number of carbonyl (C=O) groups is 2. The van der Waals surface area contributed by atoms with Crippen molar-refractivity contribution in [2.75, 3.05) is 7.05 Å². The Kier molecular flexibility index (Phi) is 7.11. The van der Waals surface area contributed by atoms with Gasteiger partial charge < -0.3 is 15.2 Å². The van der Waals surface area contributed by atoms with E-state index in [9.17, 15) is 18.0 Å². The average molecular weight is 201 g/mol. The van der Waals surface area contributed by atoms with Gasteiger partial charge in [-0.15, -0.1) is 0 Å². The molecular formula is C6H10F3NO3. The van der Waals surface area contributed by atoms with Crippen LogP contribution >= 0.6 is 0 Å².